The summed E-state index contributed by atoms with van der Waals surface area (Å²) in [6, 6.07) is 12.8. The molecule has 0 bridgehead atoms. The first-order valence-electron chi connectivity index (χ1n) is 8.06. The normalized spacial score (nSPS) is 11.1. The quantitative estimate of drug-likeness (QED) is 0.701. The number of carboxylic acid groups (broad SMARTS) is 1. The van der Waals surface area contributed by atoms with E-state index in [1.54, 1.807) is 12.1 Å². The minimum atomic E-state index is -0.937. The van der Waals surface area contributed by atoms with Crippen LogP contribution in [0.2, 0.25) is 5.02 Å². The molecule has 0 saturated heterocycles. The van der Waals surface area contributed by atoms with Crippen LogP contribution in [0.15, 0.2) is 42.5 Å². The van der Waals surface area contributed by atoms with E-state index in [2.05, 4.69) is 16.5 Å². The molecule has 2 aromatic carbocycles. The van der Waals surface area contributed by atoms with Gasteiger partial charge in [-0.3, -0.25) is 0 Å². The highest BCUT2D eigenvalue weighted by Gasteiger charge is 2.14. The van der Waals surface area contributed by atoms with Gasteiger partial charge in [0.25, 0.3) is 0 Å². The van der Waals surface area contributed by atoms with Crippen molar-refractivity contribution in [2.45, 2.75) is 32.7 Å². The van der Waals surface area contributed by atoms with Gasteiger partial charge in [-0.25, -0.2) is 9.78 Å². The summed E-state index contributed by atoms with van der Waals surface area (Å²) in [7, 11) is 0. The number of aromatic nitrogens is 2. The van der Waals surface area contributed by atoms with E-state index >= 15 is 0 Å². The molecule has 5 heteroatoms. The molecule has 3 rings (SSSR count). The Bertz CT molecular complexity index is 886. The van der Waals surface area contributed by atoms with E-state index in [4.69, 9.17) is 11.6 Å². The Morgan fingerprint density at radius 3 is 2.75 bits per heavy atom. The number of imidazole rings is 1. The smallest absolute Gasteiger partial charge is 0.335 e. The maximum atomic E-state index is 11.2. The van der Waals surface area contributed by atoms with E-state index in [1.165, 1.54) is 0 Å². The number of aryl methyl sites for hydroxylation is 1. The number of halogens is 1. The van der Waals surface area contributed by atoms with Gasteiger partial charge in [0.2, 0.25) is 0 Å². The molecule has 1 N–H and O–H groups in total. The van der Waals surface area contributed by atoms with E-state index in [-0.39, 0.29) is 5.56 Å². The number of aromatic carboxylic acids is 1. The Morgan fingerprint density at radius 2 is 2.04 bits per heavy atom. The topological polar surface area (TPSA) is 55.1 Å². The Balaban J connectivity index is 2.07. The molecule has 0 atom stereocenters. The zero-order valence-electron chi connectivity index (χ0n) is 13.5. The fourth-order valence-electron chi connectivity index (χ4n) is 2.83. The van der Waals surface area contributed by atoms with Crippen molar-refractivity contribution in [1.29, 1.82) is 0 Å². The highest BCUT2D eigenvalue weighted by Crippen LogP contribution is 2.23. The van der Waals surface area contributed by atoms with Crippen molar-refractivity contribution in [1.82, 2.24) is 9.55 Å². The molecule has 24 heavy (non-hydrogen) atoms. The van der Waals surface area contributed by atoms with E-state index in [9.17, 15) is 9.90 Å². The molecule has 1 aromatic heterocycles. The van der Waals surface area contributed by atoms with Crippen molar-refractivity contribution in [3.05, 3.63) is 64.4 Å². The van der Waals surface area contributed by atoms with Crippen LogP contribution >= 0.6 is 11.6 Å². The monoisotopic (exact) mass is 342 g/mol. The number of carbonyl (C=O) groups is 1. The third kappa shape index (κ3) is 3.29. The van der Waals surface area contributed by atoms with Gasteiger partial charge in [0.05, 0.1) is 16.6 Å². The van der Waals surface area contributed by atoms with E-state index in [0.29, 0.717) is 11.9 Å². The van der Waals surface area contributed by atoms with Crippen LogP contribution in [-0.2, 0) is 13.0 Å². The van der Waals surface area contributed by atoms with Gasteiger partial charge in [0, 0.05) is 18.0 Å². The molecule has 3 aromatic rings. The van der Waals surface area contributed by atoms with Gasteiger partial charge < -0.3 is 9.67 Å². The standard InChI is InChI=1S/C19H19ClN2O2/c1-2-3-10-22-17-9-8-14(19(23)24)11-16(17)21-18(22)12-13-6-4-5-7-15(13)20/h4-9,11H,2-3,10,12H2,1H3,(H,23,24). The maximum Gasteiger partial charge on any atom is 0.335 e. The van der Waals surface area contributed by atoms with Crippen LogP contribution in [0, 0.1) is 0 Å². The van der Waals surface area contributed by atoms with Crippen molar-refractivity contribution in [3.8, 4) is 0 Å². The molecule has 0 spiro atoms. The Morgan fingerprint density at radius 1 is 1.25 bits per heavy atom. The minimum absolute atomic E-state index is 0.256. The highest BCUT2D eigenvalue weighted by atomic mass is 35.5. The van der Waals surface area contributed by atoms with Crippen LogP contribution in [-0.4, -0.2) is 20.6 Å². The number of fused-ring (bicyclic) bond motifs is 1. The number of rotatable bonds is 6. The molecule has 0 unspecified atom stereocenters. The predicted octanol–water partition coefficient (Wildman–Crippen LogP) is 4.78. The highest BCUT2D eigenvalue weighted by molar-refractivity contribution is 6.31. The second-order valence-corrected chi connectivity index (χ2v) is 6.22. The van der Waals surface area contributed by atoms with Crippen molar-refractivity contribution in [3.63, 3.8) is 0 Å². The summed E-state index contributed by atoms with van der Waals surface area (Å²) in [4.78, 5) is 15.9. The average Bonchev–Trinajstić information content (AvgIpc) is 2.91. The van der Waals surface area contributed by atoms with Gasteiger partial charge in [-0.15, -0.1) is 0 Å². The molecule has 0 aliphatic carbocycles. The number of carboxylic acids is 1. The molecule has 0 aliphatic rings. The molecule has 0 radical (unpaired) electrons. The molecule has 0 saturated carbocycles. The largest absolute Gasteiger partial charge is 0.478 e. The van der Waals surface area contributed by atoms with E-state index in [1.807, 2.05) is 30.3 Å². The van der Waals surface area contributed by atoms with Crippen LogP contribution < -0.4 is 0 Å². The zero-order valence-corrected chi connectivity index (χ0v) is 14.3. The summed E-state index contributed by atoms with van der Waals surface area (Å²) in [6.45, 7) is 3.01. The second-order valence-electron chi connectivity index (χ2n) is 5.81. The lowest BCUT2D eigenvalue weighted by Gasteiger charge is -2.09. The maximum absolute atomic E-state index is 11.2. The summed E-state index contributed by atoms with van der Waals surface area (Å²) in [6.07, 6.45) is 2.75. The number of unbranched alkanes of at least 4 members (excludes halogenated alkanes) is 1. The summed E-state index contributed by atoms with van der Waals surface area (Å²) in [5.74, 6) is -0.0262. The molecular formula is C19H19ClN2O2. The lowest BCUT2D eigenvalue weighted by Crippen LogP contribution is -2.05. The average molecular weight is 343 g/mol. The van der Waals surface area contributed by atoms with Gasteiger partial charge in [0.1, 0.15) is 5.82 Å². The SMILES string of the molecule is CCCCn1c(Cc2ccccc2Cl)nc2cc(C(=O)O)ccc21. The predicted molar refractivity (Wildman–Crippen MR) is 95.9 cm³/mol. The van der Waals surface area contributed by atoms with Crippen LogP contribution in [0.4, 0.5) is 0 Å². The fourth-order valence-corrected chi connectivity index (χ4v) is 3.03. The molecule has 4 nitrogen and oxygen atoms in total. The lowest BCUT2D eigenvalue weighted by atomic mass is 10.1. The van der Waals surface area contributed by atoms with Gasteiger partial charge in [-0.2, -0.15) is 0 Å². The van der Waals surface area contributed by atoms with E-state index in [0.717, 1.165) is 41.3 Å². The summed E-state index contributed by atoms with van der Waals surface area (Å²) in [5, 5.41) is 9.90. The molecule has 0 fully saturated rings. The van der Waals surface area contributed by atoms with Crippen molar-refractivity contribution < 1.29 is 9.90 Å². The first-order valence-corrected chi connectivity index (χ1v) is 8.43. The molecule has 0 amide bonds. The summed E-state index contributed by atoms with van der Waals surface area (Å²) >= 11 is 6.28. The number of benzene rings is 2. The van der Waals surface area contributed by atoms with Crippen LogP contribution in [0.5, 0.6) is 0 Å². The van der Waals surface area contributed by atoms with Crippen molar-refractivity contribution >= 4 is 28.6 Å². The molecule has 0 aliphatic heterocycles. The van der Waals surface area contributed by atoms with Gasteiger partial charge in [-0.1, -0.05) is 43.1 Å². The van der Waals surface area contributed by atoms with Crippen LogP contribution in [0.3, 0.4) is 0 Å². The van der Waals surface area contributed by atoms with Gasteiger partial charge in [0.15, 0.2) is 0 Å². The molecular weight excluding hydrogens is 324 g/mol. The summed E-state index contributed by atoms with van der Waals surface area (Å²) in [5.41, 5.74) is 2.96. The number of nitrogens with zero attached hydrogens (tertiary/aromatic N) is 2. The van der Waals surface area contributed by atoms with Crippen LogP contribution in [0.1, 0.15) is 41.5 Å². The number of hydrogen-bond acceptors (Lipinski definition) is 2. The van der Waals surface area contributed by atoms with Crippen LogP contribution in [0.25, 0.3) is 11.0 Å². The first-order chi connectivity index (χ1) is 11.6. The minimum Gasteiger partial charge on any atom is -0.478 e. The van der Waals surface area contributed by atoms with Crippen molar-refractivity contribution in [2.24, 2.45) is 0 Å². The zero-order chi connectivity index (χ0) is 17.1. The second kappa shape index (κ2) is 7.05. The fraction of sp³-hybridized carbons (Fsp3) is 0.263. The van der Waals surface area contributed by atoms with E-state index < -0.39 is 5.97 Å². The van der Waals surface area contributed by atoms with Crippen molar-refractivity contribution in [2.75, 3.05) is 0 Å². The lowest BCUT2D eigenvalue weighted by molar-refractivity contribution is 0.0697. The number of hydrogen-bond donors (Lipinski definition) is 1. The molecule has 124 valence electrons. The van der Waals surface area contributed by atoms with Gasteiger partial charge >= 0.3 is 5.97 Å². The third-order valence-electron chi connectivity index (χ3n) is 4.12. The summed E-state index contributed by atoms with van der Waals surface area (Å²) < 4.78 is 2.17. The Labute approximate surface area is 145 Å². The third-order valence-corrected chi connectivity index (χ3v) is 4.48. The molecule has 1 heterocycles. The van der Waals surface area contributed by atoms with Gasteiger partial charge in [-0.05, 0) is 36.2 Å². The Kier molecular flexibility index (Phi) is 4.86. The first kappa shape index (κ1) is 16.5. The Hall–Kier alpha value is -2.33.